The predicted molar refractivity (Wildman–Crippen MR) is 103 cm³/mol. The van der Waals surface area contributed by atoms with Gasteiger partial charge in [-0.1, -0.05) is 32.0 Å². The fraction of sp³-hybridized carbons (Fsp3) is 0.143. The van der Waals surface area contributed by atoms with Crippen LogP contribution in [-0.2, 0) is 0 Å². The molecule has 1 heterocycles. The molecule has 0 aliphatic heterocycles. The topological polar surface area (TPSA) is 46.5 Å². The maximum Gasteiger partial charge on any atom is 0.146 e. The molecular weight excluding hydrogens is 310 g/mol. The fourth-order valence-corrected chi connectivity index (χ4v) is 2.28. The number of nitrogens with one attached hydrogen (secondary N) is 1. The Bertz CT molecular complexity index is 810. The van der Waals surface area contributed by atoms with Crippen LogP contribution in [0.15, 0.2) is 78.0 Å². The Morgan fingerprint density at radius 2 is 1.60 bits per heavy atom. The highest BCUT2D eigenvalue weighted by molar-refractivity contribution is 5.80. The summed E-state index contributed by atoms with van der Waals surface area (Å²) in [5.41, 5.74) is 5.17. The first-order valence-electron chi connectivity index (χ1n) is 8.29. The lowest BCUT2D eigenvalue weighted by Crippen LogP contribution is -1.92. The van der Waals surface area contributed by atoms with E-state index >= 15 is 0 Å². The summed E-state index contributed by atoms with van der Waals surface area (Å²) in [7, 11) is 0. The Labute approximate surface area is 148 Å². The van der Waals surface area contributed by atoms with Crippen molar-refractivity contribution < 1.29 is 4.74 Å². The van der Waals surface area contributed by atoms with Crippen LogP contribution < -0.4 is 10.2 Å². The quantitative estimate of drug-likeness (QED) is 0.483. The predicted octanol–water partition coefficient (Wildman–Crippen LogP) is 5.44. The number of aromatic nitrogens is 1. The monoisotopic (exact) mass is 331 g/mol. The largest absolute Gasteiger partial charge is 0.457 e. The maximum atomic E-state index is 5.87. The second-order valence-corrected chi connectivity index (χ2v) is 5.98. The van der Waals surface area contributed by atoms with Crippen LogP contribution in [0.2, 0.25) is 0 Å². The number of hydrazone groups is 1. The Balaban J connectivity index is 1.58. The minimum absolute atomic E-state index is 0.521. The number of nitrogens with zero attached hydrogens (tertiary/aromatic N) is 2. The van der Waals surface area contributed by atoms with E-state index in [0.29, 0.717) is 11.7 Å². The van der Waals surface area contributed by atoms with E-state index in [1.165, 1.54) is 5.56 Å². The van der Waals surface area contributed by atoms with Crippen molar-refractivity contribution in [3.63, 3.8) is 0 Å². The second-order valence-electron chi connectivity index (χ2n) is 5.98. The zero-order valence-electron chi connectivity index (χ0n) is 14.4. The highest BCUT2D eigenvalue weighted by Gasteiger charge is 2.01. The van der Waals surface area contributed by atoms with Gasteiger partial charge in [0.1, 0.15) is 17.3 Å². The van der Waals surface area contributed by atoms with Crippen molar-refractivity contribution in [3.8, 4) is 11.5 Å². The molecule has 0 atom stereocenters. The summed E-state index contributed by atoms with van der Waals surface area (Å²) in [6.45, 7) is 4.36. The van der Waals surface area contributed by atoms with E-state index in [1.807, 2.05) is 54.6 Å². The van der Waals surface area contributed by atoms with Crippen LogP contribution in [0.1, 0.15) is 30.9 Å². The molecule has 0 saturated heterocycles. The number of hydrogen-bond donors (Lipinski definition) is 1. The van der Waals surface area contributed by atoms with Gasteiger partial charge in [-0.25, -0.2) is 4.98 Å². The molecule has 4 heteroatoms. The van der Waals surface area contributed by atoms with E-state index in [2.05, 4.69) is 41.5 Å². The van der Waals surface area contributed by atoms with Crippen molar-refractivity contribution in [2.45, 2.75) is 19.8 Å². The Morgan fingerprint density at radius 1 is 0.920 bits per heavy atom. The summed E-state index contributed by atoms with van der Waals surface area (Å²) in [6, 6.07) is 21.6. The van der Waals surface area contributed by atoms with Gasteiger partial charge in [0.15, 0.2) is 0 Å². The van der Waals surface area contributed by atoms with Crippen LogP contribution in [0.3, 0.4) is 0 Å². The van der Waals surface area contributed by atoms with Crippen LogP contribution in [0, 0.1) is 0 Å². The third-order valence-electron chi connectivity index (χ3n) is 3.72. The third kappa shape index (κ3) is 4.91. The number of benzene rings is 2. The zero-order valence-corrected chi connectivity index (χ0v) is 14.4. The van der Waals surface area contributed by atoms with Crippen LogP contribution in [0.5, 0.6) is 11.5 Å². The van der Waals surface area contributed by atoms with Crippen LogP contribution in [-0.4, -0.2) is 11.2 Å². The van der Waals surface area contributed by atoms with Crippen molar-refractivity contribution in [2.75, 3.05) is 5.43 Å². The van der Waals surface area contributed by atoms with Gasteiger partial charge in [-0.3, -0.25) is 5.43 Å². The summed E-state index contributed by atoms with van der Waals surface area (Å²) in [5.74, 6) is 2.87. The fourth-order valence-electron chi connectivity index (χ4n) is 2.28. The van der Waals surface area contributed by atoms with Crippen molar-refractivity contribution in [1.29, 1.82) is 0 Å². The average Bonchev–Trinajstić information content (AvgIpc) is 2.64. The standard InChI is InChI=1S/C21H21N3O/c1-16(2)18-8-12-20(13-9-18)25-19-10-6-17(7-11-19)15-23-24-21-5-3-4-14-22-21/h3-16H,1-2H3,(H,22,24). The van der Waals surface area contributed by atoms with Gasteiger partial charge < -0.3 is 4.74 Å². The zero-order chi connectivity index (χ0) is 17.5. The number of ether oxygens (including phenoxy) is 1. The van der Waals surface area contributed by atoms with E-state index in [9.17, 15) is 0 Å². The molecule has 0 bridgehead atoms. The number of rotatable bonds is 6. The molecule has 0 spiro atoms. The van der Waals surface area contributed by atoms with Crippen LogP contribution in [0.4, 0.5) is 5.82 Å². The molecule has 4 nitrogen and oxygen atoms in total. The highest BCUT2D eigenvalue weighted by atomic mass is 16.5. The lowest BCUT2D eigenvalue weighted by atomic mass is 10.0. The third-order valence-corrected chi connectivity index (χ3v) is 3.72. The molecule has 0 fully saturated rings. The number of pyridine rings is 1. The summed E-state index contributed by atoms with van der Waals surface area (Å²) >= 11 is 0. The SMILES string of the molecule is CC(C)c1ccc(Oc2ccc(C=NNc3ccccn3)cc2)cc1. The molecule has 1 aromatic heterocycles. The summed E-state index contributed by atoms with van der Waals surface area (Å²) in [5, 5.41) is 4.17. The number of hydrogen-bond acceptors (Lipinski definition) is 4. The molecule has 3 rings (SSSR count). The first kappa shape index (κ1) is 16.7. The summed E-state index contributed by atoms with van der Waals surface area (Å²) in [4.78, 5) is 4.14. The van der Waals surface area contributed by atoms with Gasteiger partial charge in [-0.15, -0.1) is 0 Å². The van der Waals surface area contributed by atoms with Crippen molar-refractivity contribution >= 4 is 12.0 Å². The van der Waals surface area contributed by atoms with Gasteiger partial charge in [0.05, 0.1) is 6.21 Å². The van der Waals surface area contributed by atoms with Crippen LogP contribution >= 0.6 is 0 Å². The van der Waals surface area contributed by atoms with Gasteiger partial charge >= 0.3 is 0 Å². The van der Waals surface area contributed by atoms with Crippen molar-refractivity contribution in [3.05, 3.63) is 84.1 Å². The smallest absolute Gasteiger partial charge is 0.146 e. The Kier molecular flexibility index (Phi) is 5.42. The molecule has 3 aromatic rings. The molecule has 1 N–H and O–H groups in total. The first-order chi connectivity index (χ1) is 12.2. The molecule has 126 valence electrons. The molecule has 0 amide bonds. The average molecular weight is 331 g/mol. The van der Waals surface area contributed by atoms with Crippen molar-refractivity contribution in [2.24, 2.45) is 5.10 Å². The van der Waals surface area contributed by atoms with Gasteiger partial charge in [0, 0.05) is 6.20 Å². The maximum absolute atomic E-state index is 5.87. The molecule has 2 aromatic carbocycles. The normalized spacial score (nSPS) is 11.0. The van der Waals surface area contributed by atoms with E-state index < -0.39 is 0 Å². The molecule has 25 heavy (non-hydrogen) atoms. The summed E-state index contributed by atoms with van der Waals surface area (Å²) < 4.78 is 5.87. The molecule has 0 aliphatic rings. The van der Waals surface area contributed by atoms with Gasteiger partial charge in [-0.2, -0.15) is 5.10 Å². The van der Waals surface area contributed by atoms with E-state index in [4.69, 9.17) is 4.74 Å². The lowest BCUT2D eigenvalue weighted by molar-refractivity contribution is 0.482. The minimum Gasteiger partial charge on any atom is -0.457 e. The lowest BCUT2D eigenvalue weighted by Gasteiger charge is -2.08. The highest BCUT2D eigenvalue weighted by Crippen LogP contribution is 2.24. The molecule has 0 aliphatic carbocycles. The molecule has 0 saturated carbocycles. The molecular formula is C21H21N3O. The molecule has 0 radical (unpaired) electrons. The second kappa shape index (κ2) is 8.11. The minimum atomic E-state index is 0.521. The van der Waals surface area contributed by atoms with Crippen molar-refractivity contribution in [1.82, 2.24) is 4.98 Å². The first-order valence-corrected chi connectivity index (χ1v) is 8.29. The Hall–Kier alpha value is -3.14. The van der Waals surface area contributed by atoms with Gasteiger partial charge in [-0.05, 0) is 65.6 Å². The van der Waals surface area contributed by atoms with Gasteiger partial charge in [0.2, 0.25) is 0 Å². The van der Waals surface area contributed by atoms with E-state index in [1.54, 1.807) is 12.4 Å². The molecule has 0 unspecified atom stereocenters. The van der Waals surface area contributed by atoms with E-state index in [-0.39, 0.29) is 0 Å². The Morgan fingerprint density at radius 3 is 2.20 bits per heavy atom. The summed E-state index contributed by atoms with van der Waals surface area (Å²) in [6.07, 6.45) is 3.47. The van der Waals surface area contributed by atoms with Gasteiger partial charge in [0.25, 0.3) is 0 Å². The number of anilines is 1. The van der Waals surface area contributed by atoms with E-state index in [0.717, 1.165) is 17.1 Å². The van der Waals surface area contributed by atoms with Crippen LogP contribution in [0.25, 0.3) is 0 Å².